The number of rotatable bonds is 10. The molecule has 3 aromatic rings. The third kappa shape index (κ3) is 6.46. The number of methoxy groups -OCH3 is 1. The van der Waals surface area contributed by atoms with Crippen molar-refractivity contribution in [3.63, 3.8) is 0 Å². The van der Waals surface area contributed by atoms with E-state index in [1.165, 1.54) is 7.11 Å². The van der Waals surface area contributed by atoms with Crippen LogP contribution < -0.4 is 10.2 Å². The SMILES string of the molecule is COc1ccc2ncc(F)c(C(O)CCC3(C(=O)NO)CCN(CCSc4c(F)cc(F)cc4F)CC3)c2c1. The van der Waals surface area contributed by atoms with Gasteiger partial charge in [0.25, 0.3) is 0 Å². The molecule has 1 aliphatic heterocycles. The molecule has 3 N–H and O–H groups in total. The third-order valence-corrected chi connectivity index (χ3v) is 8.38. The van der Waals surface area contributed by atoms with Gasteiger partial charge in [-0.3, -0.25) is 15.0 Å². The molecule has 4 rings (SSSR count). The van der Waals surface area contributed by atoms with Crippen LogP contribution in [0, 0.1) is 28.7 Å². The van der Waals surface area contributed by atoms with E-state index in [0.29, 0.717) is 67.0 Å². The van der Waals surface area contributed by atoms with Gasteiger partial charge in [-0.1, -0.05) is 0 Å². The number of aliphatic hydroxyl groups is 1. The van der Waals surface area contributed by atoms with Crippen molar-refractivity contribution in [1.29, 1.82) is 0 Å². The highest BCUT2D eigenvalue weighted by Crippen LogP contribution is 2.40. The predicted molar refractivity (Wildman–Crippen MR) is 138 cm³/mol. The van der Waals surface area contributed by atoms with Gasteiger partial charge in [-0.15, -0.1) is 11.8 Å². The van der Waals surface area contributed by atoms with E-state index >= 15 is 0 Å². The standard InChI is InChI=1S/C27H29F4N3O4S/c1-38-17-2-3-22-18(14-17)24(21(31)15-32-22)23(35)4-5-27(26(36)33-37)6-8-34(9-7-27)10-11-39-25-19(29)12-16(28)13-20(25)30/h2-3,12-15,23,35,37H,4-11H2,1H3,(H,33,36). The topological polar surface area (TPSA) is 94.9 Å². The molecular weight excluding hydrogens is 538 g/mol. The van der Waals surface area contributed by atoms with Gasteiger partial charge in [0.15, 0.2) is 0 Å². The Balaban J connectivity index is 1.40. The Morgan fingerprint density at radius 1 is 1.15 bits per heavy atom. The largest absolute Gasteiger partial charge is 0.497 e. The van der Waals surface area contributed by atoms with Crippen molar-refractivity contribution in [3.05, 3.63) is 65.4 Å². The van der Waals surface area contributed by atoms with Crippen LogP contribution in [0.4, 0.5) is 17.6 Å². The first-order chi connectivity index (χ1) is 18.7. The molecule has 1 atom stereocenters. The number of piperidine rings is 1. The van der Waals surface area contributed by atoms with Crippen LogP contribution in [-0.2, 0) is 4.79 Å². The van der Waals surface area contributed by atoms with Crippen molar-refractivity contribution in [2.75, 3.05) is 32.5 Å². The van der Waals surface area contributed by atoms with Crippen LogP contribution in [-0.4, -0.2) is 58.6 Å². The Kier molecular flexibility index (Phi) is 9.31. The zero-order valence-electron chi connectivity index (χ0n) is 21.2. The fourth-order valence-corrected chi connectivity index (χ4v) is 6.00. The van der Waals surface area contributed by atoms with E-state index in [2.05, 4.69) is 4.98 Å². The quantitative estimate of drug-likeness (QED) is 0.138. The number of fused-ring (bicyclic) bond motifs is 1. The summed E-state index contributed by atoms with van der Waals surface area (Å²) < 4.78 is 60.9. The minimum Gasteiger partial charge on any atom is -0.497 e. The van der Waals surface area contributed by atoms with Crippen LogP contribution in [0.15, 0.2) is 41.4 Å². The fraction of sp³-hybridized carbons (Fsp3) is 0.407. The molecule has 1 fully saturated rings. The number of pyridine rings is 1. The number of aliphatic hydroxyl groups excluding tert-OH is 1. The highest BCUT2D eigenvalue weighted by atomic mass is 32.2. The first kappa shape index (κ1) is 29.1. The zero-order valence-corrected chi connectivity index (χ0v) is 22.0. The summed E-state index contributed by atoms with van der Waals surface area (Å²) in [4.78, 5) is 18.6. The second-order valence-corrected chi connectivity index (χ2v) is 10.7. The first-order valence-corrected chi connectivity index (χ1v) is 13.4. The van der Waals surface area contributed by atoms with E-state index < -0.39 is 40.7 Å². The molecule has 0 spiro atoms. The second-order valence-electron chi connectivity index (χ2n) is 9.57. The molecule has 0 aliphatic carbocycles. The van der Waals surface area contributed by atoms with E-state index in [-0.39, 0.29) is 23.3 Å². The second kappa shape index (κ2) is 12.5. The van der Waals surface area contributed by atoms with Crippen LogP contribution in [0.3, 0.4) is 0 Å². The Hall–Kier alpha value is -2.93. The van der Waals surface area contributed by atoms with Gasteiger partial charge in [0, 0.05) is 35.4 Å². The lowest BCUT2D eigenvalue weighted by molar-refractivity contribution is -0.143. The van der Waals surface area contributed by atoms with Crippen molar-refractivity contribution in [2.45, 2.75) is 36.7 Å². The van der Waals surface area contributed by atoms with E-state index in [9.17, 15) is 32.7 Å². The van der Waals surface area contributed by atoms with Crippen molar-refractivity contribution in [1.82, 2.24) is 15.4 Å². The number of hydroxylamine groups is 1. The van der Waals surface area contributed by atoms with Crippen LogP contribution >= 0.6 is 11.8 Å². The van der Waals surface area contributed by atoms with E-state index in [0.717, 1.165) is 18.0 Å². The van der Waals surface area contributed by atoms with Gasteiger partial charge in [-0.05, 0) is 57.0 Å². The van der Waals surface area contributed by atoms with E-state index in [1.807, 2.05) is 4.90 Å². The zero-order chi connectivity index (χ0) is 28.2. The van der Waals surface area contributed by atoms with Gasteiger partial charge in [0.1, 0.15) is 29.0 Å². The van der Waals surface area contributed by atoms with Crippen molar-refractivity contribution >= 4 is 28.6 Å². The van der Waals surface area contributed by atoms with Gasteiger partial charge in [-0.2, -0.15) is 0 Å². The molecule has 2 heterocycles. The summed E-state index contributed by atoms with van der Waals surface area (Å²) in [6.07, 6.45) is 0.749. The number of halogens is 4. The fourth-order valence-electron chi connectivity index (χ4n) is 5.05. The van der Waals surface area contributed by atoms with Crippen LogP contribution in [0.5, 0.6) is 5.75 Å². The smallest absolute Gasteiger partial charge is 0.249 e. The summed E-state index contributed by atoms with van der Waals surface area (Å²) in [7, 11) is 1.48. The van der Waals surface area contributed by atoms with Crippen LogP contribution in [0.25, 0.3) is 10.9 Å². The minimum absolute atomic E-state index is 0.0552. The number of nitrogens with zero attached hydrogens (tertiary/aromatic N) is 2. The van der Waals surface area contributed by atoms with Gasteiger partial charge >= 0.3 is 0 Å². The molecule has 39 heavy (non-hydrogen) atoms. The Bertz CT molecular complexity index is 1310. The lowest BCUT2D eigenvalue weighted by Gasteiger charge is -2.40. The predicted octanol–water partition coefficient (Wildman–Crippen LogP) is 4.99. The molecule has 0 radical (unpaired) electrons. The molecule has 1 saturated heterocycles. The number of carbonyl (C=O) groups is 1. The van der Waals surface area contributed by atoms with Gasteiger partial charge in [-0.25, -0.2) is 23.0 Å². The molecular formula is C27H29F4N3O4S. The lowest BCUT2D eigenvalue weighted by Crippen LogP contribution is -2.48. The number of thioether (sulfide) groups is 1. The highest BCUT2D eigenvalue weighted by Gasteiger charge is 2.41. The van der Waals surface area contributed by atoms with Crippen molar-refractivity contribution < 1.29 is 37.4 Å². The molecule has 1 aliphatic rings. The molecule has 210 valence electrons. The van der Waals surface area contributed by atoms with Crippen molar-refractivity contribution in [2.24, 2.45) is 5.41 Å². The Labute approximate surface area is 227 Å². The number of hydrogen-bond acceptors (Lipinski definition) is 7. The molecule has 0 bridgehead atoms. The maximum absolute atomic E-state index is 14.8. The molecule has 12 heteroatoms. The van der Waals surface area contributed by atoms with E-state index in [1.54, 1.807) is 23.7 Å². The maximum Gasteiger partial charge on any atom is 0.249 e. The maximum atomic E-state index is 14.8. The summed E-state index contributed by atoms with van der Waals surface area (Å²) in [6, 6.07) is 6.22. The first-order valence-electron chi connectivity index (χ1n) is 12.4. The lowest BCUT2D eigenvalue weighted by atomic mass is 9.73. The Morgan fingerprint density at radius 3 is 2.49 bits per heavy atom. The van der Waals surface area contributed by atoms with Crippen molar-refractivity contribution in [3.8, 4) is 5.75 Å². The number of benzene rings is 2. The van der Waals surface area contributed by atoms with Crippen LogP contribution in [0.1, 0.15) is 37.4 Å². The number of ether oxygens (including phenoxy) is 1. The van der Waals surface area contributed by atoms with Gasteiger partial charge < -0.3 is 14.7 Å². The molecule has 1 amide bonds. The normalized spacial score (nSPS) is 16.3. The summed E-state index contributed by atoms with van der Waals surface area (Å²) >= 11 is 0.943. The van der Waals surface area contributed by atoms with Gasteiger partial charge in [0.2, 0.25) is 5.91 Å². The highest BCUT2D eigenvalue weighted by molar-refractivity contribution is 7.99. The number of hydrogen-bond donors (Lipinski definition) is 3. The van der Waals surface area contributed by atoms with Gasteiger partial charge in [0.05, 0.1) is 35.2 Å². The molecule has 0 saturated carbocycles. The summed E-state index contributed by atoms with van der Waals surface area (Å²) in [5.74, 6) is -3.32. The number of amides is 1. The number of carbonyl (C=O) groups excluding carboxylic acids is 1. The number of nitrogens with one attached hydrogen (secondary N) is 1. The van der Waals surface area contributed by atoms with Crippen LogP contribution in [0.2, 0.25) is 0 Å². The monoisotopic (exact) mass is 567 g/mol. The number of likely N-dealkylation sites (tertiary alicyclic amines) is 1. The minimum atomic E-state index is -1.24. The molecule has 1 unspecified atom stereocenters. The molecule has 1 aromatic heterocycles. The molecule has 7 nitrogen and oxygen atoms in total. The number of aromatic nitrogens is 1. The molecule has 2 aromatic carbocycles. The Morgan fingerprint density at radius 2 is 1.85 bits per heavy atom. The summed E-state index contributed by atoms with van der Waals surface area (Å²) in [5, 5.41) is 20.8. The average molecular weight is 568 g/mol. The summed E-state index contributed by atoms with van der Waals surface area (Å²) in [6.45, 7) is 1.39. The average Bonchev–Trinajstić information content (AvgIpc) is 2.93. The third-order valence-electron chi connectivity index (χ3n) is 7.31. The van der Waals surface area contributed by atoms with E-state index in [4.69, 9.17) is 4.74 Å². The summed E-state index contributed by atoms with van der Waals surface area (Å²) in [5.41, 5.74) is 1.29.